The molecule has 35 heavy (non-hydrogen) atoms. The number of benzene rings is 1. The van der Waals surface area contributed by atoms with Crippen LogP contribution in [-0.4, -0.2) is 58.0 Å². The minimum atomic E-state index is -0.619. The second-order valence-electron chi connectivity index (χ2n) is 9.08. The first-order chi connectivity index (χ1) is 16.9. The third-order valence-corrected chi connectivity index (χ3v) is 6.38. The third kappa shape index (κ3) is 5.03. The molecule has 3 heterocycles. The van der Waals surface area contributed by atoms with Crippen molar-refractivity contribution in [2.24, 2.45) is 0 Å². The average molecular weight is 475 g/mol. The second-order valence-corrected chi connectivity index (χ2v) is 9.08. The molecule has 9 heteroatoms. The van der Waals surface area contributed by atoms with Gasteiger partial charge < -0.3 is 15.2 Å². The van der Waals surface area contributed by atoms with Crippen LogP contribution in [0.1, 0.15) is 47.1 Å². The summed E-state index contributed by atoms with van der Waals surface area (Å²) >= 11 is 0. The summed E-state index contributed by atoms with van der Waals surface area (Å²) < 4.78 is 14.7. The molecule has 2 aromatic heterocycles. The van der Waals surface area contributed by atoms with Gasteiger partial charge in [0.15, 0.2) is 0 Å². The molecule has 0 bridgehead atoms. The highest BCUT2D eigenvalue weighted by molar-refractivity contribution is 5.92. The normalized spacial score (nSPS) is 16.1. The smallest absolute Gasteiger partial charge is 0.270 e. The van der Waals surface area contributed by atoms with Crippen LogP contribution in [0.2, 0.25) is 0 Å². The van der Waals surface area contributed by atoms with Crippen molar-refractivity contribution in [3.8, 4) is 11.8 Å². The van der Waals surface area contributed by atoms with Gasteiger partial charge in [0.2, 0.25) is 5.95 Å². The Labute approximate surface area is 202 Å². The molecule has 0 radical (unpaired) electrons. The maximum atomic E-state index is 14.7. The highest BCUT2D eigenvalue weighted by Crippen LogP contribution is 2.23. The maximum absolute atomic E-state index is 14.7. The number of hydrogen-bond donors (Lipinski definition) is 2. The van der Waals surface area contributed by atoms with Crippen LogP contribution >= 0.6 is 0 Å². The number of aromatic amines is 1. The number of carbonyl (C=O) groups is 1. The molecule has 180 valence electrons. The SMILES string of the molecule is CC#Cc1cc(CN2CCN(c3ccc(C(=O)NC4CC4)nc3F)CC2)cc2[nH]c(=O)c(C)nc12. The molecule has 5 rings (SSSR count). The fraction of sp³-hybridized carbons (Fsp3) is 0.385. The molecular weight excluding hydrogens is 447 g/mol. The van der Waals surface area contributed by atoms with Gasteiger partial charge in [-0.15, -0.1) is 5.92 Å². The summed E-state index contributed by atoms with van der Waals surface area (Å²) in [4.78, 5) is 39.7. The zero-order valence-corrected chi connectivity index (χ0v) is 19.8. The topological polar surface area (TPSA) is 94.2 Å². The van der Waals surface area contributed by atoms with Crippen molar-refractivity contribution >= 4 is 22.6 Å². The van der Waals surface area contributed by atoms with E-state index in [-0.39, 0.29) is 23.2 Å². The Kier molecular flexibility index (Phi) is 6.22. The van der Waals surface area contributed by atoms with Gasteiger partial charge in [0.25, 0.3) is 11.5 Å². The number of nitrogens with zero attached hydrogens (tertiary/aromatic N) is 4. The van der Waals surface area contributed by atoms with Gasteiger partial charge in [-0.05, 0) is 56.5 Å². The van der Waals surface area contributed by atoms with E-state index in [1.165, 1.54) is 0 Å². The van der Waals surface area contributed by atoms with Gasteiger partial charge in [0.1, 0.15) is 16.9 Å². The van der Waals surface area contributed by atoms with E-state index in [1.807, 2.05) is 17.0 Å². The number of hydrogen-bond acceptors (Lipinski definition) is 6. The summed E-state index contributed by atoms with van der Waals surface area (Å²) in [7, 11) is 0. The molecule has 1 aromatic carbocycles. The average Bonchev–Trinajstić information content (AvgIpc) is 3.65. The monoisotopic (exact) mass is 474 g/mol. The third-order valence-electron chi connectivity index (χ3n) is 6.38. The standard InChI is InChI=1S/C26H27FN6O2/c1-3-4-18-13-17(14-21-23(18)28-16(2)25(34)31-21)15-32-9-11-33(12-10-32)22-8-7-20(30-24(22)27)26(35)29-19-5-6-19/h7-8,13-14,19H,5-6,9-12,15H2,1-2H3,(H,29,35)(H,31,34). The zero-order chi connectivity index (χ0) is 24.5. The van der Waals surface area contributed by atoms with Crippen LogP contribution in [0.25, 0.3) is 11.0 Å². The summed E-state index contributed by atoms with van der Waals surface area (Å²) in [5.74, 6) is 5.08. The van der Waals surface area contributed by atoms with Crippen molar-refractivity contribution in [1.29, 1.82) is 0 Å². The summed E-state index contributed by atoms with van der Waals surface area (Å²) in [6.45, 7) is 6.88. The highest BCUT2D eigenvalue weighted by Gasteiger charge is 2.26. The molecule has 1 saturated heterocycles. The van der Waals surface area contributed by atoms with E-state index in [0.29, 0.717) is 42.0 Å². The quantitative estimate of drug-likeness (QED) is 0.436. The molecule has 1 saturated carbocycles. The molecule has 1 aliphatic carbocycles. The van der Waals surface area contributed by atoms with E-state index < -0.39 is 5.95 Å². The second kappa shape index (κ2) is 9.47. The van der Waals surface area contributed by atoms with Crippen molar-refractivity contribution in [3.63, 3.8) is 0 Å². The number of halogens is 1. The Morgan fingerprint density at radius 1 is 1.20 bits per heavy atom. The summed E-state index contributed by atoms with van der Waals surface area (Å²) in [5, 5.41) is 2.83. The molecule has 1 aliphatic heterocycles. The van der Waals surface area contributed by atoms with Crippen LogP contribution in [0.4, 0.5) is 10.1 Å². The Bertz CT molecular complexity index is 1410. The number of H-pyrrole nitrogens is 1. The van der Waals surface area contributed by atoms with E-state index >= 15 is 0 Å². The van der Waals surface area contributed by atoms with Crippen LogP contribution in [0.5, 0.6) is 0 Å². The fourth-order valence-corrected chi connectivity index (χ4v) is 4.34. The van der Waals surface area contributed by atoms with Gasteiger partial charge in [0, 0.05) is 38.8 Å². The van der Waals surface area contributed by atoms with Crippen molar-refractivity contribution < 1.29 is 9.18 Å². The minimum Gasteiger partial charge on any atom is -0.365 e. The van der Waals surface area contributed by atoms with Gasteiger partial charge in [0.05, 0.1) is 16.8 Å². The lowest BCUT2D eigenvalue weighted by atomic mass is 10.1. The Hall–Kier alpha value is -3.77. The minimum absolute atomic E-state index is 0.113. The lowest BCUT2D eigenvalue weighted by Crippen LogP contribution is -2.46. The summed E-state index contributed by atoms with van der Waals surface area (Å²) in [6, 6.07) is 7.40. The molecule has 0 atom stereocenters. The first-order valence-corrected chi connectivity index (χ1v) is 11.8. The fourth-order valence-electron chi connectivity index (χ4n) is 4.34. The van der Waals surface area contributed by atoms with E-state index in [0.717, 1.165) is 37.1 Å². The zero-order valence-electron chi connectivity index (χ0n) is 19.8. The molecule has 2 N–H and O–H groups in total. The number of anilines is 1. The van der Waals surface area contributed by atoms with Crippen LogP contribution < -0.4 is 15.8 Å². The van der Waals surface area contributed by atoms with Gasteiger partial charge in [-0.3, -0.25) is 14.5 Å². The van der Waals surface area contributed by atoms with E-state index in [1.54, 1.807) is 26.0 Å². The molecule has 0 spiro atoms. The summed E-state index contributed by atoms with van der Waals surface area (Å²) in [6.07, 6.45) is 1.94. The summed E-state index contributed by atoms with van der Waals surface area (Å²) in [5.41, 5.74) is 3.93. The molecule has 3 aromatic rings. The Balaban J connectivity index is 1.27. The first kappa shape index (κ1) is 23.0. The number of aryl methyl sites for hydroxylation is 1. The van der Waals surface area contributed by atoms with Crippen molar-refractivity contribution in [2.45, 2.75) is 39.3 Å². The largest absolute Gasteiger partial charge is 0.365 e. The molecule has 8 nitrogen and oxygen atoms in total. The van der Waals surface area contributed by atoms with Crippen molar-refractivity contribution in [2.75, 3.05) is 31.1 Å². The van der Waals surface area contributed by atoms with Crippen LogP contribution in [0.15, 0.2) is 29.1 Å². The number of piperazine rings is 1. The van der Waals surface area contributed by atoms with Gasteiger partial charge >= 0.3 is 0 Å². The molecular formula is C26H27FN6O2. The predicted molar refractivity (Wildman–Crippen MR) is 132 cm³/mol. The van der Waals surface area contributed by atoms with Crippen molar-refractivity contribution in [1.82, 2.24) is 25.2 Å². The number of rotatable bonds is 5. The molecule has 1 amide bonds. The number of aromatic nitrogens is 3. The number of nitrogens with one attached hydrogen (secondary N) is 2. The Morgan fingerprint density at radius 3 is 2.66 bits per heavy atom. The van der Waals surface area contributed by atoms with E-state index in [4.69, 9.17) is 0 Å². The number of fused-ring (bicyclic) bond motifs is 1. The number of amides is 1. The van der Waals surface area contributed by atoms with Gasteiger partial charge in [-0.25, -0.2) is 9.97 Å². The van der Waals surface area contributed by atoms with Gasteiger partial charge in [-0.1, -0.05) is 5.92 Å². The van der Waals surface area contributed by atoms with E-state index in [2.05, 4.69) is 37.0 Å². The van der Waals surface area contributed by atoms with E-state index in [9.17, 15) is 14.0 Å². The molecule has 0 unspecified atom stereocenters. The lowest BCUT2D eigenvalue weighted by molar-refractivity contribution is 0.0945. The predicted octanol–water partition coefficient (Wildman–Crippen LogP) is 2.35. The lowest BCUT2D eigenvalue weighted by Gasteiger charge is -2.36. The van der Waals surface area contributed by atoms with Crippen LogP contribution in [0.3, 0.4) is 0 Å². The molecule has 2 fully saturated rings. The van der Waals surface area contributed by atoms with Crippen LogP contribution in [-0.2, 0) is 6.54 Å². The Morgan fingerprint density at radius 2 is 1.97 bits per heavy atom. The number of carbonyl (C=O) groups excluding carboxylic acids is 1. The highest BCUT2D eigenvalue weighted by atomic mass is 19.1. The first-order valence-electron chi connectivity index (χ1n) is 11.8. The van der Waals surface area contributed by atoms with Crippen LogP contribution in [0, 0.1) is 24.7 Å². The maximum Gasteiger partial charge on any atom is 0.270 e. The van der Waals surface area contributed by atoms with Gasteiger partial charge in [-0.2, -0.15) is 4.39 Å². The molecule has 2 aliphatic rings. The number of pyridine rings is 1. The van der Waals surface area contributed by atoms with Crippen molar-refractivity contribution in [3.05, 3.63) is 63.1 Å².